The first-order valence-electron chi connectivity index (χ1n) is 7.70. The molecule has 0 N–H and O–H groups in total. The van der Waals surface area contributed by atoms with Crippen molar-refractivity contribution in [3.8, 4) is 0 Å². The Labute approximate surface area is 159 Å². The number of nitrogens with zero attached hydrogens (tertiary/aromatic N) is 2. The molecule has 2 aliphatic heterocycles. The van der Waals surface area contributed by atoms with E-state index in [2.05, 4.69) is 15.9 Å². The van der Waals surface area contributed by atoms with Gasteiger partial charge >= 0.3 is 6.03 Å². The van der Waals surface area contributed by atoms with Crippen LogP contribution < -0.4 is 9.80 Å². The summed E-state index contributed by atoms with van der Waals surface area (Å²) in [6.45, 7) is 0. The zero-order valence-electron chi connectivity index (χ0n) is 13.0. The summed E-state index contributed by atoms with van der Waals surface area (Å²) < 4.78 is 25.4. The van der Waals surface area contributed by atoms with Crippen molar-refractivity contribution in [1.82, 2.24) is 0 Å². The molecule has 0 radical (unpaired) electrons. The summed E-state index contributed by atoms with van der Waals surface area (Å²) in [4.78, 5) is 16.3. The van der Waals surface area contributed by atoms with Crippen molar-refractivity contribution in [3.63, 3.8) is 0 Å². The lowest BCUT2D eigenvalue weighted by molar-refractivity contribution is 0.255. The van der Waals surface area contributed by atoms with Crippen LogP contribution in [0.2, 0.25) is 5.02 Å². The number of benzene rings is 2. The smallest absolute Gasteiger partial charge is 0.288 e. The largest absolute Gasteiger partial charge is 0.329 e. The standard InChI is InChI=1S/C17H14BrClN2O3S/c18-11-5-7-12(8-6-11)20-15-9-25(23,24)10-16(15)21(17(20)22)14-4-2-1-3-13(14)19/h1-8,15-16H,9-10H2/t15-,16-/m0/s1. The van der Waals surface area contributed by atoms with Crippen molar-refractivity contribution in [2.75, 3.05) is 21.3 Å². The van der Waals surface area contributed by atoms with Gasteiger partial charge in [0.05, 0.1) is 34.3 Å². The van der Waals surface area contributed by atoms with Crippen LogP contribution in [0.15, 0.2) is 53.0 Å². The lowest BCUT2D eigenvalue weighted by Gasteiger charge is -2.23. The molecule has 0 spiro atoms. The fraction of sp³-hybridized carbons (Fsp3) is 0.235. The predicted octanol–water partition coefficient (Wildman–Crippen LogP) is 3.71. The number of rotatable bonds is 2. The van der Waals surface area contributed by atoms with Crippen LogP contribution in [0.1, 0.15) is 0 Å². The van der Waals surface area contributed by atoms with E-state index in [0.717, 1.165) is 4.47 Å². The summed E-state index contributed by atoms with van der Waals surface area (Å²) in [6.07, 6.45) is 0. The number of carbonyl (C=O) groups is 1. The number of sulfone groups is 1. The maximum Gasteiger partial charge on any atom is 0.329 e. The highest BCUT2D eigenvalue weighted by Crippen LogP contribution is 2.40. The van der Waals surface area contributed by atoms with Gasteiger partial charge in [0.1, 0.15) is 0 Å². The molecule has 25 heavy (non-hydrogen) atoms. The van der Waals surface area contributed by atoms with Gasteiger partial charge in [-0.2, -0.15) is 0 Å². The second-order valence-corrected chi connectivity index (χ2v) is 9.64. The van der Waals surface area contributed by atoms with Crippen molar-refractivity contribution in [2.24, 2.45) is 0 Å². The molecule has 4 rings (SSSR count). The maximum atomic E-state index is 13.2. The number of fused-ring (bicyclic) bond motifs is 1. The molecule has 130 valence electrons. The van der Waals surface area contributed by atoms with Crippen LogP contribution >= 0.6 is 27.5 Å². The Morgan fingerprint density at radius 3 is 2.20 bits per heavy atom. The predicted molar refractivity (Wildman–Crippen MR) is 102 cm³/mol. The SMILES string of the molecule is O=C1N(c2ccc(Br)cc2)[C@H]2CS(=O)(=O)C[C@@H]2N1c1ccccc1Cl. The minimum absolute atomic E-state index is 0.0412. The molecule has 2 aromatic rings. The zero-order valence-corrected chi connectivity index (χ0v) is 16.1. The molecule has 5 nitrogen and oxygen atoms in total. The Hall–Kier alpha value is -1.57. The van der Waals surface area contributed by atoms with E-state index in [1.807, 2.05) is 12.1 Å². The Morgan fingerprint density at radius 1 is 0.960 bits per heavy atom. The summed E-state index contributed by atoms with van der Waals surface area (Å²) >= 11 is 9.65. The molecular formula is C17H14BrClN2O3S. The van der Waals surface area contributed by atoms with Crippen LogP contribution in [0.5, 0.6) is 0 Å². The molecule has 0 aromatic heterocycles. The van der Waals surface area contributed by atoms with Gasteiger partial charge in [-0.3, -0.25) is 9.80 Å². The van der Waals surface area contributed by atoms with Crippen molar-refractivity contribution in [1.29, 1.82) is 0 Å². The van der Waals surface area contributed by atoms with Crippen molar-refractivity contribution in [3.05, 3.63) is 58.0 Å². The molecule has 2 aliphatic rings. The number of halogens is 2. The highest BCUT2D eigenvalue weighted by Gasteiger charge is 2.54. The molecule has 2 heterocycles. The first-order chi connectivity index (χ1) is 11.9. The van der Waals surface area contributed by atoms with Crippen molar-refractivity contribution < 1.29 is 13.2 Å². The Kier molecular flexibility index (Phi) is 4.05. The lowest BCUT2D eigenvalue weighted by atomic mass is 10.1. The third kappa shape index (κ3) is 2.84. The minimum Gasteiger partial charge on any atom is -0.288 e. The lowest BCUT2D eigenvalue weighted by Crippen LogP contribution is -2.38. The van der Waals surface area contributed by atoms with E-state index in [1.54, 1.807) is 41.3 Å². The fourth-order valence-electron chi connectivity index (χ4n) is 3.54. The van der Waals surface area contributed by atoms with Crippen molar-refractivity contribution >= 4 is 54.8 Å². The Morgan fingerprint density at radius 2 is 1.56 bits per heavy atom. The Balaban J connectivity index is 1.83. The molecular weight excluding hydrogens is 428 g/mol. The number of anilines is 2. The summed E-state index contributed by atoms with van der Waals surface area (Å²) in [5.74, 6) is -0.0952. The van der Waals surface area contributed by atoms with Gasteiger partial charge in [0.2, 0.25) is 0 Å². The van der Waals surface area contributed by atoms with E-state index in [9.17, 15) is 13.2 Å². The number of carbonyl (C=O) groups excluding carboxylic acids is 1. The van der Waals surface area contributed by atoms with Crippen LogP contribution in [0.25, 0.3) is 0 Å². The summed E-state index contributed by atoms with van der Waals surface area (Å²) in [5, 5.41) is 0.427. The average Bonchev–Trinajstić information content (AvgIpc) is 2.99. The van der Waals surface area contributed by atoms with E-state index in [0.29, 0.717) is 16.4 Å². The fourth-order valence-corrected chi connectivity index (χ4v) is 5.95. The second-order valence-electron chi connectivity index (χ2n) is 6.16. The summed E-state index contributed by atoms with van der Waals surface area (Å²) in [5.41, 5.74) is 1.22. The van der Waals surface area contributed by atoms with Gasteiger partial charge in [-0.05, 0) is 36.4 Å². The van der Waals surface area contributed by atoms with Gasteiger partial charge in [0.25, 0.3) is 0 Å². The van der Waals surface area contributed by atoms with Crippen LogP contribution in [0.3, 0.4) is 0 Å². The quantitative estimate of drug-likeness (QED) is 0.668. The van der Waals surface area contributed by atoms with Gasteiger partial charge in [-0.15, -0.1) is 0 Å². The van der Waals surface area contributed by atoms with Gasteiger partial charge in [0, 0.05) is 10.2 Å². The van der Waals surface area contributed by atoms with E-state index in [1.165, 1.54) is 4.90 Å². The number of para-hydroxylation sites is 1. The molecule has 0 unspecified atom stereocenters. The highest BCUT2D eigenvalue weighted by molar-refractivity contribution is 9.10. The van der Waals surface area contributed by atoms with E-state index < -0.39 is 21.9 Å². The molecule has 2 fully saturated rings. The van der Waals surface area contributed by atoms with Crippen LogP contribution in [-0.2, 0) is 9.84 Å². The number of hydrogen-bond donors (Lipinski definition) is 0. The molecule has 0 bridgehead atoms. The van der Waals surface area contributed by atoms with E-state index in [4.69, 9.17) is 11.6 Å². The molecule has 8 heteroatoms. The third-order valence-electron chi connectivity index (χ3n) is 4.59. The van der Waals surface area contributed by atoms with Crippen LogP contribution in [0.4, 0.5) is 16.2 Å². The van der Waals surface area contributed by atoms with Gasteiger partial charge in [-0.25, -0.2) is 13.2 Å². The monoisotopic (exact) mass is 440 g/mol. The van der Waals surface area contributed by atoms with Gasteiger partial charge in [0.15, 0.2) is 9.84 Å². The average molecular weight is 442 g/mol. The molecule has 2 amide bonds. The van der Waals surface area contributed by atoms with Crippen LogP contribution in [-0.4, -0.2) is 38.0 Å². The highest BCUT2D eigenvalue weighted by atomic mass is 79.9. The van der Waals surface area contributed by atoms with E-state index >= 15 is 0 Å². The van der Waals surface area contributed by atoms with Gasteiger partial charge in [-0.1, -0.05) is 39.7 Å². The van der Waals surface area contributed by atoms with Crippen molar-refractivity contribution in [2.45, 2.75) is 12.1 Å². The molecule has 2 atom stereocenters. The molecule has 2 aromatic carbocycles. The van der Waals surface area contributed by atoms with E-state index in [-0.39, 0.29) is 17.5 Å². The first-order valence-corrected chi connectivity index (χ1v) is 10.7. The topological polar surface area (TPSA) is 57.7 Å². The summed E-state index contributed by atoms with van der Waals surface area (Å²) in [6, 6.07) is 13.2. The second kappa shape index (κ2) is 6.00. The Bertz CT molecular complexity index is 949. The first kappa shape index (κ1) is 16.9. The number of amides is 2. The molecule has 0 aliphatic carbocycles. The minimum atomic E-state index is -3.22. The normalized spacial score (nSPS) is 24.6. The number of hydrogen-bond acceptors (Lipinski definition) is 3. The maximum absolute atomic E-state index is 13.2. The van der Waals surface area contributed by atoms with Gasteiger partial charge < -0.3 is 0 Å². The molecule has 2 saturated heterocycles. The molecule has 0 saturated carbocycles. The van der Waals surface area contributed by atoms with Crippen LogP contribution in [0, 0.1) is 0 Å². The summed E-state index contributed by atoms with van der Waals surface area (Å²) in [7, 11) is -3.22. The zero-order chi connectivity index (χ0) is 17.8. The number of urea groups is 1. The third-order valence-corrected chi connectivity index (χ3v) is 7.13.